The van der Waals surface area contributed by atoms with E-state index in [0.717, 1.165) is 41.5 Å². The predicted molar refractivity (Wildman–Crippen MR) is 151 cm³/mol. The van der Waals surface area contributed by atoms with E-state index >= 15 is 0 Å². The number of carbonyl (C=O) groups is 2. The lowest BCUT2D eigenvalue weighted by molar-refractivity contribution is 0.0539. The van der Waals surface area contributed by atoms with Gasteiger partial charge in [0.2, 0.25) is 0 Å². The van der Waals surface area contributed by atoms with E-state index in [9.17, 15) is 9.59 Å². The number of aromatic nitrogens is 2. The Morgan fingerprint density at radius 1 is 0.583 bits per heavy atom. The second kappa shape index (κ2) is 8.35. The first-order valence-electron chi connectivity index (χ1n) is 11.6. The maximum absolute atomic E-state index is 13.4. The number of ether oxygens (including phenoxy) is 2. The van der Waals surface area contributed by atoms with Crippen molar-refractivity contribution in [2.45, 2.75) is 52.7 Å². The minimum Gasteiger partial charge on any atom is -0.443 e. The molecular weight excluding hydrogens is 588 g/mol. The third-order valence-corrected chi connectivity index (χ3v) is 6.71. The van der Waals surface area contributed by atoms with Crippen molar-refractivity contribution in [3.63, 3.8) is 0 Å². The number of rotatable bonds is 0. The second-order valence-corrected chi connectivity index (χ2v) is 12.7. The summed E-state index contributed by atoms with van der Waals surface area (Å²) < 4.78 is 16.5. The van der Waals surface area contributed by atoms with E-state index in [-0.39, 0.29) is 0 Å². The molecule has 5 aromatic rings. The van der Waals surface area contributed by atoms with Gasteiger partial charge in [0.15, 0.2) is 0 Å². The first kappa shape index (κ1) is 24.8. The van der Waals surface area contributed by atoms with Crippen LogP contribution >= 0.6 is 31.9 Å². The van der Waals surface area contributed by atoms with Crippen molar-refractivity contribution in [2.24, 2.45) is 0 Å². The van der Waals surface area contributed by atoms with Gasteiger partial charge in [-0.05, 0) is 90.1 Å². The van der Waals surface area contributed by atoms with E-state index in [4.69, 9.17) is 9.47 Å². The zero-order chi connectivity index (χ0) is 26.2. The molecule has 36 heavy (non-hydrogen) atoms. The molecule has 0 aliphatic rings. The van der Waals surface area contributed by atoms with Gasteiger partial charge >= 0.3 is 12.2 Å². The molecule has 0 saturated heterocycles. The quantitative estimate of drug-likeness (QED) is 0.175. The van der Waals surface area contributed by atoms with Crippen LogP contribution < -0.4 is 0 Å². The lowest BCUT2D eigenvalue weighted by Crippen LogP contribution is -2.27. The largest absolute Gasteiger partial charge is 0.443 e. The van der Waals surface area contributed by atoms with Gasteiger partial charge in [0.05, 0.1) is 22.1 Å². The summed E-state index contributed by atoms with van der Waals surface area (Å²) in [7, 11) is 0. The third kappa shape index (κ3) is 4.30. The number of halogens is 2. The minimum absolute atomic E-state index is 0.457. The molecule has 0 radical (unpaired) electrons. The average Bonchev–Trinajstić information content (AvgIpc) is 3.21. The highest BCUT2D eigenvalue weighted by Gasteiger charge is 2.26. The first-order chi connectivity index (χ1) is 16.7. The van der Waals surface area contributed by atoms with Crippen LogP contribution in [0.5, 0.6) is 0 Å². The van der Waals surface area contributed by atoms with Gasteiger partial charge in [-0.25, -0.2) is 18.7 Å². The van der Waals surface area contributed by atoms with E-state index < -0.39 is 23.4 Å². The summed E-state index contributed by atoms with van der Waals surface area (Å²) in [4.78, 5) is 26.8. The number of hydrogen-bond acceptors (Lipinski definition) is 4. The Balaban J connectivity index is 1.92. The standard InChI is InChI=1S/C28H26Br2N2O4/c1-27(2,3)35-25(33)31-21-9-7-15(29)11-17(21)19-14-24-20(13-23(19)31)18-12-16(30)8-10-22(18)32(24)26(34)36-28(4,5)6/h7-14H,1-6H3. The zero-order valence-electron chi connectivity index (χ0n) is 20.9. The molecule has 0 fully saturated rings. The molecule has 6 nitrogen and oxygen atoms in total. The van der Waals surface area contributed by atoms with Gasteiger partial charge in [0.1, 0.15) is 11.2 Å². The fourth-order valence-electron chi connectivity index (χ4n) is 4.48. The topological polar surface area (TPSA) is 62.5 Å². The fourth-order valence-corrected chi connectivity index (χ4v) is 5.21. The normalized spacial score (nSPS) is 12.7. The van der Waals surface area contributed by atoms with Gasteiger partial charge in [0, 0.05) is 30.5 Å². The van der Waals surface area contributed by atoms with Gasteiger partial charge in [-0.2, -0.15) is 0 Å². The molecule has 0 aliphatic heterocycles. The van der Waals surface area contributed by atoms with E-state index in [1.165, 1.54) is 0 Å². The van der Waals surface area contributed by atoms with E-state index in [2.05, 4.69) is 31.9 Å². The van der Waals surface area contributed by atoms with Gasteiger partial charge < -0.3 is 9.47 Å². The molecule has 0 unspecified atom stereocenters. The molecule has 2 heterocycles. The van der Waals surface area contributed by atoms with Crippen molar-refractivity contribution in [3.05, 3.63) is 57.5 Å². The SMILES string of the molecule is CC(C)(C)OC(=O)n1c2ccc(Br)cc2c2cc3c(cc21)c1cc(Br)ccc1n3C(=O)OC(C)(C)C. The van der Waals surface area contributed by atoms with Crippen LogP contribution in [0.3, 0.4) is 0 Å². The summed E-state index contributed by atoms with van der Waals surface area (Å²) in [6, 6.07) is 15.4. The van der Waals surface area contributed by atoms with Crippen LogP contribution in [-0.2, 0) is 9.47 Å². The van der Waals surface area contributed by atoms with Gasteiger partial charge in [-0.3, -0.25) is 0 Å². The van der Waals surface area contributed by atoms with Gasteiger partial charge in [-0.15, -0.1) is 0 Å². The highest BCUT2D eigenvalue weighted by molar-refractivity contribution is 9.10. The van der Waals surface area contributed by atoms with Crippen LogP contribution in [0.4, 0.5) is 9.59 Å². The smallest absolute Gasteiger partial charge is 0.419 e. The summed E-state index contributed by atoms with van der Waals surface area (Å²) in [6.07, 6.45) is -0.914. The van der Waals surface area contributed by atoms with Crippen molar-refractivity contribution in [1.82, 2.24) is 9.13 Å². The van der Waals surface area contributed by atoms with E-state index in [1.54, 1.807) is 9.13 Å². The van der Waals surface area contributed by atoms with E-state index in [0.29, 0.717) is 11.0 Å². The van der Waals surface area contributed by atoms with Crippen LogP contribution in [0.2, 0.25) is 0 Å². The molecule has 8 heteroatoms. The van der Waals surface area contributed by atoms with Crippen molar-refractivity contribution in [3.8, 4) is 0 Å². The summed E-state index contributed by atoms with van der Waals surface area (Å²) >= 11 is 7.12. The lowest BCUT2D eigenvalue weighted by atomic mass is 10.1. The lowest BCUT2D eigenvalue weighted by Gasteiger charge is -2.20. The molecule has 0 saturated carbocycles. The Morgan fingerprint density at radius 2 is 0.917 bits per heavy atom. The Morgan fingerprint density at radius 3 is 1.25 bits per heavy atom. The average molecular weight is 614 g/mol. The number of carbonyl (C=O) groups excluding carboxylic acids is 2. The summed E-state index contributed by atoms with van der Waals surface area (Å²) in [5.74, 6) is 0. The minimum atomic E-state index is -0.656. The molecule has 0 amide bonds. The molecule has 186 valence electrons. The Labute approximate surface area is 225 Å². The molecule has 3 aromatic carbocycles. The monoisotopic (exact) mass is 612 g/mol. The van der Waals surface area contributed by atoms with Crippen LogP contribution in [-0.4, -0.2) is 32.5 Å². The highest BCUT2D eigenvalue weighted by atomic mass is 79.9. The Kier molecular flexibility index (Phi) is 5.76. The first-order valence-corrected chi connectivity index (χ1v) is 13.2. The van der Waals surface area contributed by atoms with Crippen molar-refractivity contribution >= 4 is 87.7 Å². The molecule has 0 bridgehead atoms. The maximum atomic E-state index is 13.4. The van der Waals surface area contributed by atoms with Gasteiger partial charge in [0.25, 0.3) is 0 Å². The fraction of sp³-hybridized carbons (Fsp3) is 0.286. The van der Waals surface area contributed by atoms with Crippen molar-refractivity contribution < 1.29 is 19.1 Å². The Bertz CT molecular complexity index is 1590. The number of fused-ring (bicyclic) bond motifs is 6. The zero-order valence-corrected chi connectivity index (χ0v) is 24.1. The molecule has 0 aliphatic carbocycles. The van der Waals surface area contributed by atoms with Gasteiger partial charge in [-0.1, -0.05) is 31.9 Å². The van der Waals surface area contributed by atoms with E-state index in [1.807, 2.05) is 90.1 Å². The van der Waals surface area contributed by atoms with Crippen molar-refractivity contribution in [2.75, 3.05) is 0 Å². The number of nitrogens with zero attached hydrogens (tertiary/aromatic N) is 2. The molecule has 2 aromatic heterocycles. The summed E-state index contributed by atoms with van der Waals surface area (Å²) in [6.45, 7) is 11.1. The molecule has 0 N–H and O–H groups in total. The van der Waals surface area contributed by atoms with Crippen LogP contribution in [0.25, 0.3) is 43.6 Å². The summed E-state index contributed by atoms with van der Waals surface area (Å²) in [5.41, 5.74) is 1.55. The number of benzene rings is 3. The third-order valence-electron chi connectivity index (χ3n) is 5.73. The molecular formula is C28H26Br2N2O4. The van der Waals surface area contributed by atoms with Crippen molar-refractivity contribution in [1.29, 1.82) is 0 Å². The predicted octanol–water partition coefficient (Wildman–Crippen LogP) is 8.99. The molecule has 5 rings (SSSR count). The van der Waals surface area contributed by atoms with Crippen LogP contribution in [0.1, 0.15) is 41.5 Å². The van der Waals surface area contributed by atoms with Crippen LogP contribution in [0.15, 0.2) is 57.5 Å². The second-order valence-electron chi connectivity index (χ2n) is 10.8. The highest BCUT2D eigenvalue weighted by Crippen LogP contribution is 2.39. The number of hydrogen-bond donors (Lipinski definition) is 0. The Hall–Kier alpha value is -2.84. The van der Waals surface area contributed by atoms with Crippen LogP contribution in [0, 0.1) is 0 Å². The molecule has 0 spiro atoms. The molecule has 0 atom stereocenters. The summed E-state index contributed by atoms with van der Waals surface area (Å²) in [5, 5.41) is 3.40. The maximum Gasteiger partial charge on any atom is 0.419 e.